The average Bonchev–Trinajstić information content (AvgIpc) is 1.63. The molecule has 0 saturated heterocycles. The fourth-order valence-electron chi connectivity index (χ4n) is 0.218. The number of carboxylic acid groups (broad SMARTS) is 1. The summed E-state index contributed by atoms with van der Waals surface area (Å²) >= 11 is 0. The summed E-state index contributed by atoms with van der Waals surface area (Å²) in [7, 11) is 0. The van der Waals surface area contributed by atoms with Crippen LogP contribution in [0.15, 0.2) is 0 Å². The van der Waals surface area contributed by atoms with E-state index < -0.39 is 24.1 Å². The van der Waals surface area contributed by atoms with Crippen LogP contribution in [0.2, 0.25) is 0 Å². The second kappa shape index (κ2) is 9.97. The first-order valence-corrected chi connectivity index (χ1v) is 2.02. The molecule has 0 rings (SSSR count). The fraction of sp³-hybridized carbons (Fsp3) is 0.250. The molecule has 5 nitrogen and oxygen atoms in total. The SMILES string of the molecule is [K+].[K+].[NH-]C(=O)CC(=O)C(=O)[O-]. The van der Waals surface area contributed by atoms with E-state index in [9.17, 15) is 19.5 Å². The largest absolute Gasteiger partial charge is 1.00 e. The van der Waals surface area contributed by atoms with Crippen molar-refractivity contribution in [3.8, 4) is 0 Å². The minimum absolute atomic E-state index is 0. The van der Waals surface area contributed by atoms with E-state index in [2.05, 4.69) is 0 Å². The maximum Gasteiger partial charge on any atom is 1.00 e. The smallest absolute Gasteiger partial charge is 0.667 e. The van der Waals surface area contributed by atoms with Crippen LogP contribution in [0.4, 0.5) is 0 Å². The van der Waals surface area contributed by atoms with Crippen LogP contribution >= 0.6 is 0 Å². The van der Waals surface area contributed by atoms with Gasteiger partial charge in [-0.25, -0.2) is 0 Å². The van der Waals surface area contributed by atoms with Gasteiger partial charge in [-0.3, -0.25) is 4.79 Å². The number of amides is 1. The number of ketones is 1. The van der Waals surface area contributed by atoms with Crippen molar-refractivity contribution in [2.24, 2.45) is 0 Å². The first kappa shape index (κ1) is 18.6. The quantitative estimate of drug-likeness (QED) is 0.261. The Morgan fingerprint density at radius 3 is 1.64 bits per heavy atom. The third-order valence-corrected chi connectivity index (χ3v) is 0.549. The average molecular weight is 207 g/mol. The summed E-state index contributed by atoms with van der Waals surface area (Å²) in [6.07, 6.45) is -0.900. The first-order valence-electron chi connectivity index (χ1n) is 2.02. The summed E-state index contributed by atoms with van der Waals surface area (Å²) in [6, 6.07) is 0. The van der Waals surface area contributed by atoms with Gasteiger partial charge < -0.3 is 20.4 Å². The Bertz CT molecular complexity index is 169. The first-order chi connectivity index (χ1) is 4.04. The molecule has 1 N–H and O–H groups in total. The van der Waals surface area contributed by atoms with E-state index >= 15 is 0 Å². The molecule has 0 atom stereocenters. The third kappa shape index (κ3) is 11.9. The predicted octanol–water partition coefficient (Wildman–Crippen LogP) is -7.72. The zero-order valence-corrected chi connectivity index (χ0v) is 12.6. The number of carbonyl (C=O) groups is 3. The van der Waals surface area contributed by atoms with Crippen molar-refractivity contribution >= 4 is 17.7 Å². The van der Waals surface area contributed by atoms with E-state index in [-0.39, 0.29) is 103 Å². The van der Waals surface area contributed by atoms with E-state index in [1.54, 1.807) is 0 Å². The number of Topliss-reactive ketones (excluding diaryl/α,β-unsaturated/α-hetero) is 1. The zero-order chi connectivity index (χ0) is 7.44. The molecule has 0 spiro atoms. The molecule has 0 unspecified atom stereocenters. The van der Waals surface area contributed by atoms with Gasteiger partial charge in [0.25, 0.3) is 0 Å². The molecule has 11 heavy (non-hydrogen) atoms. The van der Waals surface area contributed by atoms with Crippen molar-refractivity contribution in [3.63, 3.8) is 0 Å². The fourth-order valence-corrected chi connectivity index (χ4v) is 0.218. The van der Waals surface area contributed by atoms with E-state index in [1.165, 1.54) is 0 Å². The molecule has 0 aromatic heterocycles. The second-order valence-corrected chi connectivity index (χ2v) is 1.31. The van der Waals surface area contributed by atoms with E-state index in [0.717, 1.165) is 0 Å². The summed E-state index contributed by atoms with van der Waals surface area (Å²) < 4.78 is 0. The van der Waals surface area contributed by atoms with Crippen LogP contribution in [0.3, 0.4) is 0 Å². The van der Waals surface area contributed by atoms with Gasteiger partial charge in [0.05, 0.1) is 12.3 Å². The Labute approximate surface area is 148 Å². The van der Waals surface area contributed by atoms with Crippen molar-refractivity contribution in [1.82, 2.24) is 0 Å². The molecule has 0 aromatic rings. The second-order valence-electron chi connectivity index (χ2n) is 1.31. The number of carbonyl (C=O) groups excluding carboxylic acids is 3. The minimum atomic E-state index is -1.92. The van der Waals surface area contributed by atoms with Crippen molar-refractivity contribution < 1.29 is 122 Å². The number of aliphatic carboxylic acids is 1. The molecular weight excluding hydrogens is 204 g/mol. The van der Waals surface area contributed by atoms with Crippen LogP contribution in [-0.2, 0) is 14.4 Å². The van der Waals surface area contributed by atoms with Gasteiger partial charge in [-0.1, -0.05) is 0 Å². The van der Waals surface area contributed by atoms with E-state index in [1.807, 2.05) is 0 Å². The molecule has 0 aliphatic carbocycles. The van der Waals surface area contributed by atoms with Gasteiger partial charge in [0.2, 0.25) is 0 Å². The molecule has 7 heteroatoms. The number of hydrogen-bond donors (Lipinski definition) is 0. The van der Waals surface area contributed by atoms with Crippen LogP contribution < -0.4 is 108 Å². The standard InChI is InChI=1S/C4H5NO4.2K/c5-3(7)1-2(6)4(8)9;;/h1H2,(H3,5,7,8,9);;/q;2*+1/p-2. The molecule has 0 saturated carbocycles. The van der Waals surface area contributed by atoms with Gasteiger partial charge >= 0.3 is 103 Å². The Hall–Kier alpha value is 1.88. The molecule has 1 amide bonds. The van der Waals surface area contributed by atoms with Gasteiger partial charge in [-0.05, 0) is 0 Å². The maximum atomic E-state index is 9.95. The van der Waals surface area contributed by atoms with Crippen molar-refractivity contribution in [2.75, 3.05) is 0 Å². The number of rotatable bonds is 3. The van der Waals surface area contributed by atoms with Gasteiger partial charge in [0.1, 0.15) is 5.97 Å². The molecule has 50 valence electrons. The Morgan fingerprint density at radius 2 is 1.55 bits per heavy atom. The van der Waals surface area contributed by atoms with Crippen molar-refractivity contribution in [1.29, 1.82) is 0 Å². The number of hydrogen-bond acceptors (Lipinski definition) is 4. The molecule has 0 heterocycles. The van der Waals surface area contributed by atoms with Crippen molar-refractivity contribution in [2.45, 2.75) is 6.42 Å². The summed E-state index contributed by atoms with van der Waals surface area (Å²) in [6.45, 7) is 0. The Morgan fingerprint density at radius 1 is 1.18 bits per heavy atom. The molecule has 0 aromatic carbocycles. The van der Waals surface area contributed by atoms with Gasteiger partial charge in [-0.2, -0.15) is 0 Å². The predicted molar refractivity (Wildman–Crippen MR) is 24.0 cm³/mol. The third-order valence-electron chi connectivity index (χ3n) is 0.549. The monoisotopic (exact) mass is 207 g/mol. The van der Waals surface area contributed by atoms with Crippen LogP contribution in [0.25, 0.3) is 5.73 Å². The van der Waals surface area contributed by atoms with E-state index in [4.69, 9.17) is 5.73 Å². The number of carboxylic acids is 1. The minimum Gasteiger partial charge on any atom is -0.667 e. The Kier molecular flexibility index (Phi) is 16.9. The molecule has 0 aliphatic heterocycles. The van der Waals surface area contributed by atoms with Gasteiger partial charge in [-0.15, -0.1) is 0 Å². The molecule has 0 bridgehead atoms. The van der Waals surface area contributed by atoms with E-state index in [0.29, 0.717) is 0 Å². The van der Waals surface area contributed by atoms with Crippen LogP contribution in [0.5, 0.6) is 0 Å². The summed E-state index contributed by atoms with van der Waals surface area (Å²) in [5.41, 5.74) is 6.15. The van der Waals surface area contributed by atoms with Crippen molar-refractivity contribution in [3.05, 3.63) is 5.73 Å². The topological polar surface area (TPSA) is 98.1 Å². The molecule has 0 radical (unpaired) electrons. The summed E-state index contributed by atoms with van der Waals surface area (Å²) in [5, 5.41) is 9.54. The maximum absolute atomic E-state index is 9.95. The summed E-state index contributed by atoms with van der Waals surface area (Å²) in [4.78, 5) is 29.2. The molecular formula is C4H3K2NO4. The normalized spacial score (nSPS) is 6.91. The van der Waals surface area contributed by atoms with Crippen LogP contribution in [0, 0.1) is 0 Å². The van der Waals surface area contributed by atoms with Crippen LogP contribution in [0.1, 0.15) is 6.42 Å². The zero-order valence-electron chi connectivity index (χ0n) is 6.34. The Balaban J connectivity index is -0.000000320. The number of nitrogens with one attached hydrogen (secondary N) is 1. The molecule has 0 aliphatic rings. The van der Waals surface area contributed by atoms with Crippen LogP contribution in [-0.4, -0.2) is 17.7 Å². The van der Waals surface area contributed by atoms with Gasteiger partial charge in [0.15, 0.2) is 5.78 Å². The summed E-state index contributed by atoms with van der Waals surface area (Å²) in [5.74, 6) is -4.49. The molecule has 0 fully saturated rings. The van der Waals surface area contributed by atoms with Gasteiger partial charge in [0, 0.05) is 0 Å².